The molecule has 2 atom stereocenters. The average Bonchev–Trinajstić information content (AvgIpc) is 3.91. The first-order valence-electron chi connectivity index (χ1n) is 23.0. The molecule has 4 aliphatic rings. The van der Waals surface area contributed by atoms with E-state index in [1.54, 1.807) is 29.5 Å². The molecule has 0 bridgehead atoms. The number of piperidine rings is 1. The minimum Gasteiger partial charge on any atom is -0.382 e. The van der Waals surface area contributed by atoms with Gasteiger partial charge in [-0.05, 0) is 57.0 Å². The van der Waals surface area contributed by atoms with E-state index in [2.05, 4.69) is 40.1 Å². The lowest BCUT2D eigenvalue weighted by Gasteiger charge is -2.35. The molecule has 0 spiro atoms. The van der Waals surface area contributed by atoms with E-state index in [0.29, 0.717) is 95.5 Å². The fourth-order valence-electron chi connectivity index (χ4n) is 8.57. The molecule has 6 amide bonds. The number of amides is 6. The Bertz CT molecular complexity index is 2610. The third-order valence-corrected chi connectivity index (χ3v) is 13.7. The quantitative estimate of drug-likeness (QED) is 0.0805. The number of carbonyl (C=O) groups excluding carboxylic acids is 6. The number of benzene rings is 2. The van der Waals surface area contributed by atoms with Crippen molar-refractivity contribution < 1.29 is 47.7 Å². The van der Waals surface area contributed by atoms with E-state index in [-0.39, 0.29) is 55.2 Å². The molecule has 6 heterocycles. The molecule has 0 saturated carbocycles. The van der Waals surface area contributed by atoms with Crippen LogP contribution in [0.25, 0.3) is 5.00 Å². The summed E-state index contributed by atoms with van der Waals surface area (Å²) in [7, 11) is 0. The summed E-state index contributed by atoms with van der Waals surface area (Å²) in [5.74, 6) is -1.09. The summed E-state index contributed by atoms with van der Waals surface area (Å²) in [4.78, 5) is 85.9. The summed E-state index contributed by atoms with van der Waals surface area (Å²) >= 11 is 7.91. The van der Waals surface area contributed by atoms with Crippen LogP contribution in [0, 0.1) is 20.8 Å². The van der Waals surface area contributed by atoms with Crippen LogP contribution in [0.15, 0.2) is 47.5 Å². The van der Waals surface area contributed by atoms with E-state index in [1.165, 1.54) is 4.88 Å². The number of rotatable bonds is 21. The number of hydrazine groups is 1. The average molecular weight is 988 g/mol. The number of aliphatic imine (C=N–C) groups is 1. The van der Waals surface area contributed by atoms with Gasteiger partial charge in [0, 0.05) is 65.9 Å². The number of anilines is 1. The van der Waals surface area contributed by atoms with Crippen molar-refractivity contribution in [2.24, 2.45) is 4.99 Å². The third kappa shape index (κ3) is 11.4. The van der Waals surface area contributed by atoms with Crippen molar-refractivity contribution in [2.45, 2.75) is 58.5 Å². The van der Waals surface area contributed by atoms with Gasteiger partial charge < -0.3 is 29.2 Å². The first-order chi connectivity index (χ1) is 33.4. The number of thiophene rings is 1. The SMILES string of the molecule is Cc1sc2c(c1C)C(c1ccc(Cl)cc1)=N[C@@H](CC(=O)N1CCN(NC(=O)CCOCCOCCOCCOCCNc3cccc4c3C(=O)N(C3CCC(=O)NC3=O)C4=O)CC1)c1nnc(C)n1-2. The molecule has 3 N–H and O–H groups in total. The Morgan fingerprint density at radius 2 is 1.51 bits per heavy atom. The smallest absolute Gasteiger partial charge is 0.264 e. The van der Waals surface area contributed by atoms with Gasteiger partial charge in [-0.1, -0.05) is 29.8 Å². The molecular weight excluding hydrogens is 932 g/mol. The molecule has 22 heteroatoms. The molecule has 20 nitrogen and oxygen atoms in total. The highest BCUT2D eigenvalue weighted by molar-refractivity contribution is 7.15. The predicted octanol–water partition coefficient (Wildman–Crippen LogP) is 3.33. The predicted molar refractivity (Wildman–Crippen MR) is 254 cm³/mol. The van der Waals surface area contributed by atoms with E-state index >= 15 is 0 Å². The Labute approximate surface area is 407 Å². The van der Waals surface area contributed by atoms with Crippen molar-refractivity contribution in [3.63, 3.8) is 0 Å². The van der Waals surface area contributed by atoms with Gasteiger partial charge in [0.15, 0.2) is 5.82 Å². The maximum atomic E-state index is 13.8. The van der Waals surface area contributed by atoms with Crippen molar-refractivity contribution in [1.29, 1.82) is 0 Å². The Kier molecular flexibility index (Phi) is 16.2. The van der Waals surface area contributed by atoms with Crippen LogP contribution in [-0.2, 0) is 38.1 Å². The molecule has 0 aliphatic carbocycles. The van der Waals surface area contributed by atoms with Crippen molar-refractivity contribution in [1.82, 2.24) is 40.3 Å². The number of hydrogen-bond acceptors (Lipinski definition) is 16. The number of fused-ring (bicyclic) bond motifs is 4. The van der Waals surface area contributed by atoms with Crippen LogP contribution in [0.1, 0.15) is 85.7 Å². The van der Waals surface area contributed by atoms with Crippen LogP contribution in [0.3, 0.4) is 0 Å². The van der Waals surface area contributed by atoms with Gasteiger partial charge in [-0.25, -0.2) is 5.01 Å². The molecule has 2 aromatic heterocycles. The van der Waals surface area contributed by atoms with Crippen molar-refractivity contribution >= 4 is 69.8 Å². The summed E-state index contributed by atoms with van der Waals surface area (Å²) in [5, 5.41) is 17.7. The van der Waals surface area contributed by atoms with Gasteiger partial charge in [0.25, 0.3) is 11.8 Å². The van der Waals surface area contributed by atoms with Crippen molar-refractivity contribution in [3.8, 4) is 5.00 Å². The Balaban J connectivity index is 0.663. The lowest BCUT2D eigenvalue weighted by molar-refractivity contribution is -0.137. The van der Waals surface area contributed by atoms with Gasteiger partial charge in [0.1, 0.15) is 22.9 Å². The summed E-state index contributed by atoms with van der Waals surface area (Å²) in [5.41, 5.74) is 7.62. The van der Waals surface area contributed by atoms with Crippen LogP contribution >= 0.6 is 22.9 Å². The number of halogens is 1. The first kappa shape index (κ1) is 49.5. The number of ether oxygens (including phenoxy) is 4. The van der Waals surface area contributed by atoms with Gasteiger partial charge >= 0.3 is 0 Å². The highest BCUT2D eigenvalue weighted by Gasteiger charge is 2.45. The second-order valence-corrected chi connectivity index (χ2v) is 18.5. The molecule has 4 aliphatic heterocycles. The van der Waals surface area contributed by atoms with Crippen molar-refractivity contribution in [3.05, 3.63) is 91.8 Å². The zero-order chi connectivity index (χ0) is 48.6. The minimum absolute atomic E-state index is 0.0501. The van der Waals surface area contributed by atoms with E-state index in [0.717, 1.165) is 38.1 Å². The number of aryl methyl sites for hydroxylation is 2. The molecule has 0 radical (unpaired) electrons. The Morgan fingerprint density at radius 1 is 0.826 bits per heavy atom. The number of piperazine rings is 1. The monoisotopic (exact) mass is 986 g/mol. The van der Waals surface area contributed by atoms with Crippen molar-refractivity contribution in [2.75, 3.05) is 90.9 Å². The normalized spacial score (nSPS) is 18.1. The number of nitrogens with one attached hydrogen (secondary N) is 3. The van der Waals surface area contributed by atoms with Crippen LogP contribution in [0.2, 0.25) is 5.02 Å². The van der Waals surface area contributed by atoms with E-state index in [4.69, 9.17) is 35.5 Å². The topological polar surface area (TPSA) is 228 Å². The molecule has 8 rings (SSSR count). The van der Waals surface area contributed by atoms with Crippen LogP contribution in [-0.4, -0.2) is 162 Å². The number of aromatic nitrogens is 3. The summed E-state index contributed by atoms with van der Waals surface area (Å²) in [6, 6.07) is 10.9. The van der Waals surface area contributed by atoms with E-state index in [9.17, 15) is 28.8 Å². The van der Waals surface area contributed by atoms with Gasteiger partial charge in [-0.15, -0.1) is 21.5 Å². The van der Waals surface area contributed by atoms with E-state index in [1.807, 2.05) is 45.7 Å². The second-order valence-electron chi connectivity index (χ2n) is 16.8. The van der Waals surface area contributed by atoms with Gasteiger partial charge in [-0.3, -0.25) is 54.0 Å². The largest absolute Gasteiger partial charge is 0.382 e. The molecule has 2 saturated heterocycles. The maximum absolute atomic E-state index is 13.8. The summed E-state index contributed by atoms with van der Waals surface area (Å²) < 4.78 is 24.4. The number of imide groups is 2. The molecule has 2 aromatic carbocycles. The molecular formula is C47H55ClN10O10S. The van der Waals surface area contributed by atoms with Gasteiger partial charge in [-0.2, -0.15) is 0 Å². The third-order valence-electron chi connectivity index (χ3n) is 12.3. The number of carbonyl (C=O) groups is 6. The Hall–Kier alpha value is -5.94. The van der Waals surface area contributed by atoms with Crippen LogP contribution in [0.4, 0.5) is 5.69 Å². The fourth-order valence-corrected chi connectivity index (χ4v) is 9.91. The van der Waals surface area contributed by atoms with Crippen LogP contribution < -0.4 is 16.1 Å². The first-order valence-corrected chi connectivity index (χ1v) is 24.2. The van der Waals surface area contributed by atoms with Crippen LogP contribution in [0.5, 0.6) is 0 Å². The number of hydrogen-bond donors (Lipinski definition) is 3. The van der Waals surface area contributed by atoms with E-state index < -0.39 is 35.7 Å². The fraction of sp³-hybridized carbons (Fsp3) is 0.468. The molecule has 2 fully saturated rings. The lowest BCUT2D eigenvalue weighted by atomic mass is 9.99. The number of nitrogens with zero attached hydrogens (tertiary/aromatic N) is 7. The standard InChI is InChI=1S/C47H55ClN10O10S/c1-28-29(2)69-47-40(28)42(31-7-9-32(48)10-8-31)50-35(43-53-52-30(3)57(43)47)27-39(61)55-15-17-56(18-16-55)54-38(60)13-19-65-21-23-67-25-26-68-24-22-66-20-14-49-34-6-4-5-33-41(34)46(64)58(45(33)63)36-11-12-37(59)51-44(36)62/h4-10,35-36,49H,11-27H2,1-3H3,(H,54,60)(H,51,59,62)/t35-,36?/m0/s1. The molecule has 4 aromatic rings. The maximum Gasteiger partial charge on any atom is 0.264 e. The zero-order valence-electron chi connectivity index (χ0n) is 38.7. The zero-order valence-corrected chi connectivity index (χ0v) is 40.3. The summed E-state index contributed by atoms with van der Waals surface area (Å²) in [6.07, 6.45) is 0.430. The highest BCUT2D eigenvalue weighted by Crippen LogP contribution is 2.40. The summed E-state index contributed by atoms with van der Waals surface area (Å²) in [6.45, 7) is 10.9. The molecule has 1 unspecified atom stereocenters. The molecule has 366 valence electrons. The Morgan fingerprint density at radius 3 is 2.20 bits per heavy atom. The minimum atomic E-state index is -1.03. The van der Waals surface area contributed by atoms with Gasteiger partial charge in [0.2, 0.25) is 23.6 Å². The van der Waals surface area contributed by atoms with Gasteiger partial charge in [0.05, 0.1) is 82.5 Å². The lowest BCUT2D eigenvalue weighted by Crippen LogP contribution is -2.55. The second kappa shape index (κ2) is 22.7. The molecule has 69 heavy (non-hydrogen) atoms. The highest BCUT2D eigenvalue weighted by atomic mass is 35.5.